The van der Waals surface area contributed by atoms with Crippen molar-refractivity contribution in [1.82, 2.24) is 10.2 Å². The van der Waals surface area contributed by atoms with E-state index in [1.54, 1.807) is 6.07 Å². The molecule has 1 aliphatic carbocycles. The van der Waals surface area contributed by atoms with E-state index in [0.717, 1.165) is 25.3 Å². The molecule has 1 saturated carbocycles. The monoisotopic (exact) mass is 397 g/mol. The van der Waals surface area contributed by atoms with Crippen LogP contribution in [0.3, 0.4) is 0 Å². The first-order valence-corrected chi connectivity index (χ1v) is 10.3. The van der Waals surface area contributed by atoms with E-state index in [1.807, 2.05) is 11.8 Å². The van der Waals surface area contributed by atoms with Gasteiger partial charge >= 0.3 is 6.18 Å². The summed E-state index contributed by atoms with van der Waals surface area (Å²) in [6, 6.07) is 5.62. The van der Waals surface area contributed by atoms with Crippen molar-refractivity contribution >= 4 is 11.6 Å². The molecule has 1 unspecified atom stereocenters. The predicted molar refractivity (Wildman–Crippen MR) is 104 cm³/mol. The first kappa shape index (κ1) is 21.0. The van der Waals surface area contributed by atoms with Crippen LogP contribution in [-0.2, 0) is 11.0 Å². The highest BCUT2D eigenvalue weighted by molar-refractivity contribution is 5.82. The zero-order chi connectivity index (χ0) is 20.1. The molecule has 1 N–H and O–H groups in total. The molecule has 7 heteroatoms. The van der Waals surface area contributed by atoms with E-state index in [0.29, 0.717) is 37.9 Å². The van der Waals surface area contributed by atoms with Crippen molar-refractivity contribution < 1.29 is 18.0 Å². The number of hydrogen-bond acceptors (Lipinski definition) is 3. The van der Waals surface area contributed by atoms with Gasteiger partial charge in [-0.05, 0) is 37.5 Å². The van der Waals surface area contributed by atoms with Gasteiger partial charge in [0.2, 0.25) is 5.91 Å². The van der Waals surface area contributed by atoms with Gasteiger partial charge in [0.15, 0.2) is 0 Å². The van der Waals surface area contributed by atoms with E-state index in [1.165, 1.54) is 31.4 Å². The number of piperazine rings is 1. The summed E-state index contributed by atoms with van der Waals surface area (Å²) in [4.78, 5) is 16.9. The molecular formula is C21H30F3N3O. The fourth-order valence-corrected chi connectivity index (χ4v) is 4.32. The van der Waals surface area contributed by atoms with Crippen molar-refractivity contribution in [3.8, 4) is 0 Å². The summed E-state index contributed by atoms with van der Waals surface area (Å²) < 4.78 is 38.9. The minimum Gasteiger partial charge on any atom is -0.369 e. The number of benzene rings is 1. The summed E-state index contributed by atoms with van der Waals surface area (Å²) in [5.74, 6) is 0.0990. The highest BCUT2D eigenvalue weighted by atomic mass is 19.4. The first-order chi connectivity index (χ1) is 13.4. The lowest BCUT2D eigenvalue weighted by Gasteiger charge is -2.40. The number of carbonyl (C=O) groups excluding carboxylic acids is 1. The van der Waals surface area contributed by atoms with E-state index in [2.05, 4.69) is 10.2 Å². The molecule has 0 aromatic heterocycles. The third-order valence-electron chi connectivity index (χ3n) is 5.93. The number of alkyl halides is 3. The molecular weight excluding hydrogens is 367 g/mol. The second kappa shape index (κ2) is 9.16. The molecule has 1 saturated heterocycles. The maximum absolute atomic E-state index is 13.0. The van der Waals surface area contributed by atoms with Crippen LogP contribution in [0.15, 0.2) is 24.3 Å². The van der Waals surface area contributed by atoms with E-state index >= 15 is 0 Å². The van der Waals surface area contributed by atoms with Gasteiger partial charge in [0.25, 0.3) is 0 Å². The highest BCUT2D eigenvalue weighted by Gasteiger charge is 2.32. The van der Waals surface area contributed by atoms with Crippen molar-refractivity contribution in [2.45, 2.75) is 63.7 Å². The normalized spacial score (nSPS) is 20.8. The van der Waals surface area contributed by atoms with Crippen LogP contribution in [0.4, 0.5) is 18.9 Å². The van der Waals surface area contributed by atoms with Gasteiger partial charge in [-0.3, -0.25) is 9.69 Å². The Morgan fingerprint density at radius 2 is 1.82 bits per heavy atom. The van der Waals surface area contributed by atoms with Crippen LogP contribution in [0.25, 0.3) is 0 Å². The average Bonchev–Trinajstić information content (AvgIpc) is 2.69. The number of rotatable bonds is 5. The molecule has 4 nitrogen and oxygen atoms in total. The Kier molecular flexibility index (Phi) is 6.86. The molecule has 3 rings (SSSR count). The maximum Gasteiger partial charge on any atom is 0.416 e. The summed E-state index contributed by atoms with van der Waals surface area (Å²) in [5, 5.41) is 3.21. The minimum absolute atomic E-state index is 0.0990. The van der Waals surface area contributed by atoms with Crippen LogP contribution in [0.5, 0.6) is 0 Å². The van der Waals surface area contributed by atoms with E-state index in [9.17, 15) is 18.0 Å². The Labute approximate surface area is 165 Å². The van der Waals surface area contributed by atoms with Crippen LogP contribution in [-0.4, -0.2) is 49.1 Å². The Bertz CT molecular complexity index is 651. The minimum atomic E-state index is -4.33. The SMILES string of the molecule is CCC(C(=O)NC1CCCCC1)N1CCN(c2cccc(C(F)(F)F)c2)CC1. The lowest BCUT2D eigenvalue weighted by molar-refractivity contribution is -0.137. The molecule has 1 aliphatic heterocycles. The Morgan fingerprint density at radius 3 is 2.43 bits per heavy atom. The molecule has 1 aromatic rings. The Balaban J connectivity index is 1.56. The van der Waals surface area contributed by atoms with Gasteiger partial charge in [0.1, 0.15) is 0 Å². The molecule has 0 bridgehead atoms. The smallest absolute Gasteiger partial charge is 0.369 e. The number of halogens is 3. The number of nitrogens with zero attached hydrogens (tertiary/aromatic N) is 2. The number of amides is 1. The molecule has 156 valence electrons. The Morgan fingerprint density at radius 1 is 1.14 bits per heavy atom. The number of carbonyl (C=O) groups is 1. The van der Waals surface area contributed by atoms with Gasteiger partial charge < -0.3 is 10.2 Å². The number of hydrogen-bond donors (Lipinski definition) is 1. The Hall–Kier alpha value is -1.76. The maximum atomic E-state index is 13.0. The third kappa shape index (κ3) is 5.19. The number of anilines is 1. The first-order valence-electron chi connectivity index (χ1n) is 10.3. The third-order valence-corrected chi connectivity index (χ3v) is 5.93. The van der Waals surface area contributed by atoms with Crippen molar-refractivity contribution in [3.05, 3.63) is 29.8 Å². The molecule has 0 spiro atoms. The van der Waals surface area contributed by atoms with Crippen LogP contribution in [0.1, 0.15) is 51.0 Å². The molecule has 1 amide bonds. The standard InChI is InChI=1S/C21H30F3N3O/c1-2-19(20(28)25-17-8-4-3-5-9-17)27-13-11-26(12-14-27)18-10-6-7-16(15-18)21(22,23)24/h6-7,10,15,17,19H,2-5,8-9,11-14H2,1H3,(H,25,28). The summed E-state index contributed by atoms with van der Waals surface area (Å²) in [7, 11) is 0. The van der Waals surface area contributed by atoms with Crippen molar-refractivity contribution in [1.29, 1.82) is 0 Å². The van der Waals surface area contributed by atoms with E-state index < -0.39 is 11.7 Å². The zero-order valence-corrected chi connectivity index (χ0v) is 16.5. The second-order valence-corrected chi connectivity index (χ2v) is 7.84. The lowest BCUT2D eigenvalue weighted by Crippen LogP contribution is -2.56. The number of nitrogens with one attached hydrogen (secondary N) is 1. The summed E-state index contributed by atoms with van der Waals surface area (Å²) >= 11 is 0. The zero-order valence-electron chi connectivity index (χ0n) is 16.5. The van der Waals surface area contributed by atoms with Crippen LogP contribution in [0, 0.1) is 0 Å². The second-order valence-electron chi connectivity index (χ2n) is 7.84. The van der Waals surface area contributed by atoms with Gasteiger partial charge in [0.05, 0.1) is 11.6 Å². The fourth-order valence-electron chi connectivity index (χ4n) is 4.32. The molecule has 2 aliphatic rings. The van der Waals surface area contributed by atoms with E-state index in [4.69, 9.17) is 0 Å². The van der Waals surface area contributed by atoms with Crippen LogP contribution < -0.4 is 10.2 Å². The molecule has 0 radical (unpaired) electrons. The van der Waals surface area contributed by atoms with Gasteiger partial charge in [-0.2, -0.15) is 13.2 Å². The van der Waals surface area contributed by atoms with Crippen LogP contribution >= 0.6 is 0 Å². The molecule has 28 heavy (non-hydrogen) atoms. The largest absolute Gasteiger partial charge is 0.416 e. The average molecular weight is 397 g/mol. The summed E-state index contributed by atoms with van der Waals surface area (Å²) in [5.41, 5.74) is -0.0279. The van der Waals surface area contributed by atoms with Crippen molar-refractivity contribution in [3.63, 3.8) is 0 Å². The van der Waals surface area contributed by atoms with Crippen molar-refractivity contribution in [2.24, 2.45) is 0 Å². The van der Waals surface area contributed by atoms with Gasteiger partial charge in [-0.15, -0.1) is 0 Å². The quantitative estimate of drug-likeness (QED) is 0.814. The predicted octanol–water partition coefficient (Wildman–Crippen LogP) is 4.05. The van der Waals surface area contributed by atoms with Gasteiger partial charge in [-0.1, -0.05) is 32.3 Å². The fraction of sp³-hybridized carbons (Fsp3) is 0.667. The molecule has 1 atom stereocenters. The van der Waals surface area contributed by atoms with Gasteiger partial charge in [-0.25, -0.2) is 0 Å². The molecule has 1 aromatic carbocycles. The lowest BCUT2D eigenvalue weighted by atomic mass is 9.95. The van der Waals surface area contributed by atoms with Gasteiger partial charge in [0, 0.05) is 37.9 Å². The molecule has 1 heterocycles. The molecule has 2 fully saturated rings. The topological polar surface area (TPSA) is 35.6 Å². The highest BCUT2D eigenvalue weighted by Crippen LogP contribution is 2.32. The van der Waals surface area contributed by atoms with Crippen molar-refractivity contribution in [2.75, 3.05) is 31.1 Å². The summed E-state index contributed by atoms with van der Waals surface area (Å²) in [6.07, 6.45) is 2.14. The summed E-state index contributed by atoms with van der Waals surface area (Å²) in [6.45, 7) is 4.60. The van der Waals surface area contributed by atoms with E-state index in [-0.39, 0.29) is 11.9 Å². The van der Waals surface area contributed by atoms with Crippen LogP contribution in [0.2, 0.25) is 0 Å².